The Bertz CT molecular complexity index is 859. The first-order valence-corrected chi connectivity index (χ1v) is 8.35. The largest absolute Gasteiger partial charge is 0.497 e. The number of urea groups is 1. The monoisotopic (exact) mass is 373 g/mol. The lowest BCUT2D eigenvalue weighted by Crippen LogP contribution is -2.39. The van der Waals surface area contributed by atoms with Gasteiger partial charge in [0.15, 0.2) is 0 Å². The van der Waals surface area contributed by atoms with Gasteiger partial charge >= 0.3 is 6.03 Å². The molecule has 27 heavy (non-hydrogen) atoms. The van der Waals surface area contributed by atoms with Crippen molar-refractivity contribution in [2.24, 2.45) is 0 Å². The van der Waals surface area contributed by atoms with Gasteiger partial charge in [-0.2, -0.15) is 0 Å². The minimum Gasteiger partial charge on any atom is -0.497 e. The zero-order valence-corrected chi connectivity index (χ0v) is 15.0. The van der Waals surface area contributed by atoms with Crippen LogP contribution in [0.4, 0.5) is 20.6 Å². The average molecular weight is 373 g/mol. The Morgan fingerprint density at radius 3 is 2.70 bits per heavy atom. The Labute approximate surface area is 156 Å². The second-order valence-corrected chi connectivity index (χ2v) is 6.05. The number of nitrogens with zero attached hydrogens (tertiary/aromatic N) is 1. The number of carbonyl (C=O) groups excluding carboxylic acids is 2. The number of anilines is 2. The average Bonchev–Trinajstić information content (AvgIpc) is 3.01. The fraction of sp³-hybridized carbons (Fsp3) is 0.263. The number of hydrogen-bond donors (Lipinski definition) is 2. The van der Waals surface area contributed by atoms with Crippen molar-refractivity contribution in [1.82, 2.24) is 5.32 Å². The third-order valence-electron chi connectivity index (χ3n) is 4.23. The highest BCUT2D eigenvalue weighted by molar-refractivity contribution is 5.98. The van der Waals surface area contributed by atoms with Crippen LogP contribution in [-0.2, 0) is 4.79 Å². The van der Waals surface area contributed by atoms with Gasteiger partial charge < -0.3 is 25.0 Å². The third kappa shape index (κ3) is 4.28. The van der Waals surface area contributed by atoms with E-state index < -0.39 is 17.9 Å². The molecule has 1 unspecified atom stereocenters. The first-order chi connectivity index (χ1) is 13.0. The number of rotatable bonds is 5. The normalized spacial score (nSPS) is 16.2. The number of nitrogens with one attached hydrogen (secondary N) is 2. The molecule has 1 heterocycles. The minimum absolute atomic E-state index is 0.138. The Balaban J connectivity index is 1.64. The minimum atomic E-state index is -0.472. The highest BCUT2D eigenvalue weighted by Crippen LogP contribution is 2.29. The van der Waals surface area contributed by atoms with Crippen molar-refractivity contribution in [2.45, 2.75) is 12.5 Å². The van der Waals surface area contributed by atoms with Crippen LogP contribution < -0.4 is 25.0 Å². The molecule has 0 bridgehead atoms. The molecule has 1 aliphatic heterocycles. The molecule has 0 spiro atoms. The Morgan fingerprint density at radius 1 is 1.19 bits per heavy atom. The van der Waals surface area contributed by atoms with Crippen LogP contribution in [0, 0.1) is 5.82 Å². The van der Waals surface area contributed by atoms with E-state index in [1.807, 2.05) is 0 Å². The fourth-order valence-electron chi connectivity index (χ4n) is 2.95. The summed E-state index contributed by atoms with van der Waals surface area (Å²) in [5.41, 5.74) is 0.917. The van der Waals surface area contributed by atoms with Crippen LogP contribution in [0.2, 0.25) is 0 Å². The third-order valence-corrected chi connectivity index (χ3v) is 4.23. The molecule has 3 amide bonds. The number of amides is 3. The van der Waals surface area contributed by atoms with Gasteiger partial charge in [0.1, 0.15) is 17.3 Å². The van der Waals surface area contributed by atoms with Gasteiger partial charge in [-0.25, -0.2) is 9.18 Å². The summed E-state index contributed by atoms with van der Waals surface area (Å²) in [5, 5.41) is 5.45. The number of carbonyl (C=O) groups is 2. The molecule has 1 aliphatic rings. The van der Waals surface area contributed by atoms with E-state index in [1.54, 1.807) is 30.3 Å². The molecule has 0 radical (unpaired) electrons. The summed E-state index contributed by atoms with van der Waals surface area (Å²) in [6.45, 7) is 0.269. The summed E-state index contributed by atoms with van der Waals surface area (Å²) >= 11 is 0. The van der Waals surface area contributed by atoms with Gasteiger partial charge in [0, 0.05) is 24.7 Å². The van der Waals surface area contributed by atoms with E-state index in [9.17, 15) is 14.0 Å². The van der Waals surface area contributed by atoms with Crippen LogP contribution in [0.3, 0.4) is 0 Å². The molecule has 2 aromatic rings. The molecule has 2 N–H and O–H groups in total. The second-order valence-electron chi connectivity index (χ2n) is 6.05. The first-order valence-electron chi connectivity index (χ1n) is 8.35. The van der Waals surface area contributed by atoms with Gasteiger partial charge in [0.2, 0.25) is 5.91 Å². The summed E-state index contributed by atoms with van der Waals surface area (Å²) in [6, 6.07) is 9.98. The Hall–Kier alpha value is -3.29. The van der Waals surface area contributed by atoms with Crippen LogP contribution in [0.15, 0.2) is 42.5 Å². The quantitative estimate of drug-likeness (QED) is 0.845. The van der Waals surface area contributed by atoms with Crippen molar-refractivity contribution in [2.75, 3.05) is 31.0 Å². The van der Waals surface area contributed by atoms with Crippen LogP contribution in [0.1, 0.15) is 6.42 Å². The zero-order valence-electron chi connectivity index (χ0n) is 15.0. The number of hydrogen-bond acceptors (Lipinski definition) is 4. The SMILES string of the molecule is COc1ccc(OC)c(NC(=O)NC2CC(=O)N(c3cccc(F)c3)C2)c1. The summed E-state index contributed by atoms with van der Waals surface area (Å²) in [5.74, 6) is 0.457. The van der Waals surface area contributed by atoms with Crippen molar-refractivity contribution >= 4 is 23.3 Å². The van der Waals surface area contributed by atoms with Crippen LogP contribution >= 0.6 is 0 Å². The van der Waals surface area contributed by atoms with Crippen molar-refractivity contribution in [1.29, 1.82) is 0 Å². The molecular weight excluding hydrogens is 353 g/mol. The number of ether oxygens (including phenoxy) is 2. The molecule has 3 rings (SSSR count). The lowest BCUT2D eigenvalue weighted by Gasteiger charge is -2.18. The van der Waals surface area contributed by atoms with Crippen molar-refractivity contribution in [3.8, 4) is 11.5 Å². The molecule has 0 aromatic heterocycles. The van der Waals surface area contributed by atoms with Gasteiger partial charge in [-0.05, 0) is 30.3 Å². The maximum atomic E-state index is 13.4. The van der Waals surface area contributed by atoms with Crippen LogP contribution in [0.25, 0.3) is 0 Å². The lowest BCUT2D eigenvalue weighted by molar-refractivity contribution is -0.117. The van der Waals surface area contributed by atoms with Gasteiger partial charge in [0.25, 0.3) is 0 Å². The standard InChI is InChI=1S/C19H20FN3O4/c1-26-15-6-7-17(27-2)16(10-15)22-19(25)21-13-9-18(24)23(11-13)14-5-3-4-12(20)8-14/h3-8,10,13H,9,11H2,1-2H3,(H2,21,22,25). The molecule has 1 saturated heterocycles. The van der Waals surface area contributed by atoms with Crippen LogP contribution in [0.5, 0.6) is 11.5 Å². The molecule has 1 fully saturated rings. The Morgan fingerprint density at radius 2 is 2.00 bits per heavy atom. The molecule has 7 nitrogen and oxygen atoms in total. The highest BCUT2D eigenvalue weighted by atomic mass is 19.1. The number of benzene rings is 2. The second kappa shape index (κ2) is 7.94. The smallest absolute Gasteiger partial charge is 0.319 e. The molecular formula is C19H20FN3O4. The van der Waals surface area contributed by atoms with E-state index in [0.29, 0.717) is 22.9 Å². The molecule has 1 atom stereocenters. The molecule has 8 heteroatoms. The van der Waals surface area contributed by atoms with E-state index in [1.165, 1.54) is 31.3 Å². The summed E-state index contributed by atoms with van der Waals surface area (Å²) in [6.07, 6.45) is 0.138. The molecule has 0 aliphatic carbocycles. The summed E-state index contributed by atoms with van der Waals surface area (Å²) < 4.78 is 23.8. The van der Waals surface area contributed by atoms with Gasteiger partial charge in [0.05, 0.1) is 25.9 Å². The van der Waals surface area contributed by atoms with Gasteiger partial charge in [-0.15, -0.1) is 0 Å². The van der Waals surface area contributed by atoms with Crippen molar-refractivity contribution in [3.63, 3.8) is 0 Å². The van der Waals surface area contributed by atoms with E-state index in [2.05, 4.69) is 10.6 Å². The van der Waals surface area contributed by atoms with E-state index >= 15 is 0 Å². The lowest BCUT2D eigenvalue weighted by atomic mass is 10.2. The van der Waals surface area contributed by atoms with Gasteiger partial charge in [-0.3, -0.25) is 4.79 Å². The fourth-order valence-corrected chi connectivity index (χ4v) is 2.95. The molecule has 142 valence electrons. The van der Waals surface area contributed by atoms with E-state index in [4.69, 9.17) is 9.47 Å². The Kier molecular flexibility index (Phi) is 5.44. The summed E-state index contributed by atoms with van der Waals surface area (Å²) in [7, 11) is 3.02. The molecule has 2 aromatic carbocycles. The van der Waals surface area contributed by atoms with Crippen molar-refractivity contribution in [3.05, 3.63) is 48.3 Å². The highest BCUT2D eigenvalue weighted by Gasteiger charge is 2.31. The zero-order chi connectivity index (χ0) is 19.4. The summed E-state index contributed by atoms with van der Waals surface area (Å²) in [4.78, 5) is 26.0. The first kappa shape index (κ1) is 18.5. The maximum Gasteiger partial charge on any atom is 0.319 e. The van der Waals surface area contributed by atoms with Crippen molar-refractivity contribution < 1.29 is 23.5 Å². The predicted octanol–water partition coefficient (Wildman–Crippen LogP) is 2.77. The number of halogens is 1. The maximum absolute atomic E-state index is 13.4. The van der Waals surface area contributed by atoms with E-state index in [0.717, 1.165) is 0 Å². The van der Waals surface area contributed by atoms with Crippen LogP contribution in [-0.4, -0.2) is 38.7 Å². The number of methoxy groups -OCH3 is 2. The molecule has 0 saturated carbocycles. The van der Waals surface area contributed by atoms with E-state index in [-0.39, 0.29) is 18.9 Å². The predicted molar refractivity (Wildman–Crippen MR) is 98.9 cm³/mol. The topological polar surface area (TPSA) is 79.9 Å². The van der Waals surface area contributed by atoms with Gasteiger partial charge in [-0.1, -0.05) is 6.07 Å².